The molecular formula is C19H16ClN7O2. The lowest BCUT2D eigenvalue weighted by atomic mass is 10.2. The third-order valence-corrected chi connectivity index (χ3v) is 4.16. The zero-order valence-corrected chi connectivity index (χ0v) is 16.1. The van der Waals surface area contributed by atoms with Crippen molar-refractivity contribution in [3.63, 3.8) is 0 Å². The Kier molecular flexibility index (Phi) is 4.96. The monoisotopic (exact) mass is 409 g/mol. The number of benzene rings is 1. The van der Waals surface area contributed by atoms with Gasteiger partial charge in [-0.1, -0.05) is 30.3 Å². The molecule has 0 saturated heterocycles. The number of aromatic nitrogens is 6. The normalized spacial score (nSPS) is 10.8. The Bertz CT molecular complexity index is 1280. The van der Waals surface area contributed by atoms with Crippen LogP contribution in [0.25, 0.3) is 28.3 Å². The predicted molar refractivity (Wildman–Crippen MR) is 108 cm³/mol. The topological polar surface area (TPSA) is 117 Å². The van der Waals surface area contributed by atoms with Gasteiger partial charge in [-0.15, -0.1) is 5.10 Å². The van der Waals surface area contributed by atoms with E-state index in [1.807, 2.05) is 43.6 Å². The second-order valence-electron chi connectivity index (χ2n) is 6.18. The van der Waals surface area contributed by atoms with Crippen LogP contribution in [-0.4, -0.2) is 34.6 Å². The summed E-state index contributed by atoms with van der Waals surface area (Å²) in [6.07, 6.45) is 3.72. The summed E-state index contributed by atoms with van der Waals surface area (Å²) in [4.78, 5) is 19.0. The van der Waals surface area contributed by atoms with Crippen LogP contribution in [0.5, 0.6) is 0 Å². The number of rotatable bonds is 3. The van der Waals surface area contributed by atoms with Crippen molar-refractivity contribution in [2.45, 2.75) is 6.42 Å². The van der Waals surface area contributed by atoms with Crippen LogP contribution in [0, 0.1) is 0 Å². The number of hydrogen-bond donors (Lipinski definition) is 1. The van der Waals surface area contributed by atoms with E-state index in [-0.39, 0.29) is 11.2 Å². The first-order valence-electron chi connectivity index (χ1n) is 8.63. The van der Waals surface area contributed by atoms with Gasteiger partial charge in [0.15, 0.2) is 17.1 Å². The lowest BCUT2D eigenvalue weighted by molar-refractivity contribution is -0.111. The number of nitrogens with zero attached hydrogens (tertiary/aromatic N) is 6. The first kappa shape index (κ1) is 18.6. The van der Waals surface area contributed by atoms with Crippen LogP contribution in [0.1, 0.15) is 5.56 Å². The second kappa shape index (κ2) is 7.72. The molecule has 29 heavy (non-hydrogen) atoms. The highest BCUT2D eigenvalue weighted by molar-refractivity contribution is 6.63. The van der Waals surface area contributed by atoms with Gasteiger partial charge in [0, 0.05) is 19.7 Å². The zero-order valence-electron chi connectivity index (χ0n) is 15.4. The van der Waals surface area contributed by atoms with Crippen molar-refractivity contribution in [2.24, 2.45) is 7.05 Å². The Hall–Kier alpha value is -3.72. The van der Waals surface area contributed by atoms with Crippen molar-refractivity contribution in [1.82, 2.24) is 29.4 Å². The number of carbonyl (C=O) groups is 1. The van der Waals surface area contributed by atoms with Crippen molar-refractivity contribution in [1.29, 1.82) is 0 Å². The fraction of sp³-hybridized carbons (Fsp3) is 0.105. The van der Waals surface area contributed by atoms with Crippen LogP contribution in [-0.2, 0) is 18.3 Å². The smallest absolute Gasteiger partial charge is 0.226 e. The van der Waals surface area contributed by atoms with E-state index in [1.54, 1.807) is 23.1 Å². The number of halogens is 1. The van der Waals surface area contributed by atoms with E-state index in [9.17, 15) is 4.79 Å². The third kappa shape index (κ3) is 3.94. The van der Waals surface area contributed by atoms with Gasteiger partial charge in [0.1, 0.15) is 0 Å². The Balaban J connectivity index is 0.000000174. The molecule has 5 aromatic rings. The Labute approximate surface area is 169 Å². The van der Waals surface area contributed by atoms with Crippen LogP contribution < -0.4 is 5.73 Å². The summed E-state index contributed by atoms with van der Waals surface area (Å²) in [7, 11) is 1.82. The standard InChI is InChI=1S/C11H9N7O.C8H7ClO/c1-17-5-6-8(15-17)14-11(12)18-10(6)13-9(16-18)7-3-2-4-19-7;9-8(10)6-7-4-2-1-3-5-7/h2-5H,1H3,(H2,12,14,15);1-5H,6H2. The van der Waals surface area contributed by atoms with Crippen molar-refractivity contribution >= 4 is 39.5 Å². The summed E-state index contributed by atoms with van der Waals surface area (Å²) in [5.74, 6) is 1.29. The summed E-state index contributed by atoms with van der Waals surface area (Å²) in [6.45, 7) is 0. The maximum absolute atomic E-state index is 10.4. The molecule has 0 fully saturated rings. The first-order valence-corrected chi connectivity index (χ1v) is 9.01. The third-order valence-electron chi connectivity index (χ3n) is 4.02. The minimum atomic E-state index is -0.314. The quantitative estimate of drug-likeness (QED) is 0.455. The zero-order chi connectivity index (χ0) is 20.4. The molecule has 0 atom stereocenters. The molecule has 0 aliphatic rings. The molecule has 146 valence electrons. The number of fused-ring (bicyclic) bond motifs is 3. The van der Waals surface area contributed by atoms with Gasteiger partial charge in [0.25, 0.3) is 0 Å². The number of nitrogen functional groups attached to an aromatic ring is 1. The summed E-state index contributed by atoms with van der Waals surface area (Å²) >= 11 is 5.17. The van der Waals surface area contributed by atoms with E-state index in [0.717, 1.165) is 10.9 Å². The Morgan fingerprint density at radius 1 is 1.14 bits per heavy atom. The molecule has 0 aliphatic heterocycles. The van der Waals surface area contributed by atoms with Gasteiger partial charge in [-0.05, 0) is 29.3 Å². The van der Waals surface area contributed by atoms with Gasteiger partial charge >= 0.3 is 0 Å². The lowest BCUT2D eigenvalue weighted by Crippen LogP contribution is -2.02. The molecule has 0 unspecified atom stereocenters. The molecule has 0 radical (unpaired) electrons. The highest BCUT2D eigenvalue weighted by Crippen LogP contribution is 2.22. The van der Waals surface area contributed by atoms with Gasteiger partial charge < -0.3 is 10.2 Å². The van der Waals surface area contributed by atoms with E-state index in [2.05, 4.69) is 20.2 Å². The summed E-state index contributed by atoms with van der Waals surface area (Å²) in [5.41, 5.74) is 7.99. The van der Waals surface area contributed by atoms with Gasteiger partial charge in [-0.3, -0.25) is 9.48 Å². The molecule has 0 amide bonds. The molecule has 4 heterocycles. The molecule has 0 bridgehead atoms. The highest BCUT2D eigenvalue weighted by Gasteiger charge is 2.16. The Morgan fingerprint density at radius 2 is 1.93 bits per heavy atom. The van der Waals surface area contributed by atoms with E-state index in [1.165, 1.54) is 4.52 Å². The van der Waals surface area contributed by atoms with Gasteiger partial charge in [0.2, 0.25) is 17.0 Å². The van der Waals surface area contributed by atoms with Crippen molar-refractivity contribution in [2.75, 3.05) is 5.73 Å². The maximum Gasteiger partial charge on any atom is 0.226 e. The van der Waals surface area contributed by atoms with Crippen LogP contribution in [0.15, 0.2) is 59.3 Å². The predicted octanol–water partition coefficient (Wildman–Crippen LogP) is 2.85. The molecule has 5 rings (SSSR count). The molecular weight excluding hydrogens is 394 g/mol. The SMILES string of the molecule is Cn1cc2c(nc(N)n3nc(-c4ccco4)nc23)n1.O=C(Cl)Cc1ccccc1. The van der Waals surface area contributed by atoms with Gasteiger partial charge in [-0.25, -0.2) is 4.98 Å². The summed E-state index contributed by atoms with van der Waals surface area (Å²) in [6, 6.07) is 13.0. The van der Waals surface area contributed by atoms with Gasteiger partial charge in [0.05, 0.1) is 11.6 Å². The Morgan fingerprint density at radius 3 is 2.62 bits per heavy atom. The second-order valence-corrected chi connectivity index (χ2v) is 6.60. The minimum Gasteiger partial charge on any atom is -0.461 e. The molecule has 0 aliphatic carbocycles. The number of nitrogens with two attached hydrogens (primary N) is 1. The molecule has 1 aromatic carbocycles. The van der Waals surface area contributed by atoms with E-state index >= 15 is 0 Å². The van der Waals surface area contributed by atoms with Crippen LogP contribution in [0.4, 0.5) is 5.95 Å². The largest absolute Gasteiger partial charge is 0.461 e. The molecule has 10 heteroatoms. The van der Waals surface area contributed by atoms with Crippen LogP contribution >= 0.6 is 11.6 Å². The molecule has 2 N–H and O–H groups in total. The van der Waals surface area contributed by atoms with Gasteiger partial charge in [-0.2, -0.15) is 14.6 Å². The summed E-state index contributed by atoms with van der Waals surface area (Å²) in [5, 5.41) is 9.00. The van der Waals surface area contributed by atoms with Crippen LogP contribution in [0.2, 0.25) is 0 Å². The van der Waals surface area contributed by atoms with Crippen molar-refractivity contribution < 1.29 is 9.21 Å². The number of carbonyl (C=O) groups excluding carboxylic acids is 1. The van der Waals surface area contributed by atoms with E-state index < -0.39 is 0 Å². The number of hydrogen-bond acceptors (Lipinski definition) is 7. The van der Waals surface area contributed by atoms with Crippen molar-refractivity contribution in [3.05, 3.63) is 60.5 Å². The van der Waals surface area contributed by atoms with E-state index in [4.69, 9.17) is 21.8 Å². The minimum absolute atomic E-state index is 0.242. The fourth-order valence-corrected chi connectivity index (χ4v) is 2.94. The van der Waals surface area contributed by atoms with E-state index in [0.29, 0.717) is 29.3 Å². The average Bonchev–Trinajstić information content (AvgIpc) is 3.41. The van der Waals surface area contributed by atoms with Crippen molar-refractivity contribution in [3.8, 4) is 11.6 Å². The number of furan rings is 1. The molecule has 9 nitrogen and oxygen atoms in total. The van der Waals surface area contributed by atoms with Crippen LogP contribution in [0.3, 0.4) is 0 Å². The molecule has 0 spiro atoms. The number of anilines is 1. The average molecular weight is 410 g/mol. The molecule has 0 saturated carbocycles. The maximum atomic E-state index is 10.4. The highest BCUT2D eigenvalue weighted by atomic mass is 35.5. The number of aryl methyl sites for hydroxylation is 1. The lowest BCUT2D eigenvalue weighted by Gasteiger charge is -1.95. The fourth-order valence-electron chi connectivity index (χ4n) is 2.79. The first-order chi connectivity index (χ1) is 14.0. The molecule has 4 aromatic heterocycles. The summed E-state index contributed by atoms with van der Waals surface area (Å²) < 4.78 is 8.44.